The molecule has 0 aliphatic carbocycles. The topological polar surface area (TPSA) is 262 Å². The van der Waals surface area contributed by atoms with Gasteiger partial charge in [0.1, 0.15) is 57.7 Å². The number of piperazine rings is 1. The number of hydrogen-bond donors (Lipinski definition) is 6. The fourth-order valence-corrected chi connectivity index (χ4v) is 10.1. The molecule has 75 heavy (non-hydrogen) atoms. The van der Waals surface area contributed by atoms with Crippen molar-refractivity contribution in [3.8, 4) is 5.75 Å². The molecule has 0 spiro atoms. The predicted octanol–water partition coefficient (Wildman–Crippen LogP) is 4.67. The average molecular weight is 1060 g/mol. The third kappa shape index (κ3) is 12.8. The number of halogens is 2. The van der Waals surface area contributed by atoms with Gasteiger partial charge in [-0.15, -0.1) is 0 Å². The molecule has 6 N–H and O–H groups in total. The number of fused-ring (bicyclic) bond motifs is 1. The van der Waals surface area contributed by atoms with E-state index in [0.29, 0.717) is 67.5 Å². The SMILES string of the molecule is CN[C@@H](C)C(=O)NC[C@H](C(=O)N1C[C@@H](NC(=O)c2cnc(N3CCN(CCCOc4cc5ncnc(Nc6n[nH]c(C)c6C)c5cc4S(=O)(=O)C(C)(C)C)CC3)cn2)C[C@H]1C(=O)Nc1c(F)cccc1F)C(C)(C)C. The number of benzene rings is 2. The van der Waals surface area contributed by atoms with Gasteiger partial charge in [-0.3, -0.25) is 29.2 Å². The molecule has 4 amide bonds. The summed E-state index contributed by atoms with van der Waals surface area (Å²) in [4.78, 5) is 78.0. The molecule has 24 heteroatoms. The van der Waals surface area contributed by atoms with Crippen LogP contribution in [0.1, 0.15) is 83.1 Å². The number of nitrogens with zero attached hydrogens (tertiary/aromatic N) is 8. The van der Waals surface area contributed by atoms with Gasteiger partial charge in [0.15, 0.2) is 15.7 Å². The highest BCUT2D eigenvalue weighted by Gasteiger charge is 2.45. The highest BCUT2D eigenvalue weighted by Crippen LogP contribution is 2.38. The van der Waals surface area contributed by atoms with Gasteiger partial charge in [0, 0.05) is 74.6 Å². The number of rotatable bonds is 18. The molecule has 4 atom stereocenters. The van der Waals surface area contributed by atoms with Gasteiger partial charge in [-0.1, -0.05) is 26.8 Å². The highest BCUT2D eigenvalue weighted by molar-refractivity contribution is 7.92. The number of likely N-dealkylation sites (tertiary alicyclic amines) is 1. The van der Waals surface area contributed by atoms with Crippen molar-refractivity contribution in [3.05, 3.63) is 77.6 Å². The smallest absolute Gasteiger partial charge is 0.271 e. The second kappa shape index (κ2) is 22.9. The van der Waals surface area contributed by atoms with Crippen LogP contribution in [0.5, 0.6) is 5.75 Å². The van der Waals surface area contributed by atoms with Crippen LogP contribution < -0.4 is 36.2 Å². The second-order valence-electron chi connectivity index (χ2n) is 21.1. The lowest BCUT2D eigenvalue weighted by atomic mass is 9.79. The molecular formula is C51H68F2N14O7S. The minimum Gasteiger partial charge on any atom is -0.492 e. The molecule has 2 aromatic carbocycles. The van der Waals surface area contributed by atoms with E-state index in [9.17, 15) is 36.4 Å². The molecule has 0 bridgehead atoms. The number of likely N-dealkylation sites (N-methyl/N-ethyl adjacent to an activating group) is 1. The summed E-state index contributed by atoms with van der Waals surface area (Å²) < 4.78 is 62.4. The first kappa shape index (κ1) is 55.8. The Bertz CT molecular complexity index is 2990. The van der Waals surface area contributed by atoms with E-state index in [2.05, 4.69) is 66.5 Å². The Labute approximate surface area is 435 Å². The number of carbonyl (C=O) groups excluding carboxylic acids is 4. The number of H-pyrrole nitrogens is 1. The lowest BCUT2D eigenvalue weighted by molar-refractivity contribution is -0.143. The Hall–Kier alpha value is -6.92. The molecule has 2 fully saturated rings. The largest absolute Gasteiger partial charge is 0.492 e. The molecule has 404 valence electrons. The summed E-state index contributed by atoms with van der Waals surface area (Å²) in [6.07, 6.45) is 4.80. The number of aromatic amines is 1. The van der Waals surface area contributed by atoms with Crippen LogP contribution >= 0.6 is 0 Å². The van der Waals surface area contributed by atoms with Crippen LogP contribution in [0.3, 0.4) is 0 Å². The standard InChI is InChI=1S/C51H68F2N14O7S/c1-29-30(2)63-64-44(29)62-45-33-22-41(75(72,73)51(7,8)9)40(23-37(33)58-28-59-45)74-20-12-15-65-16-18-66(19-17-65)42-26-55-38(25-56-42)47(69)60-32-21-39(48(70)61-43-35(52)13-11-14-36(43)53)67(27-32)49(71)34(50(4,5)6)24-57-46(68)31(3)54-10/h11,13-14,22-23,25-26,28,31-32,34,39,54H,12,15-21,24,27H2,1-10H3,(H,57,68)(H,60,69)(H,61,70)(H2,58,59,62,63,64)/t31-,32-,34+,39-/m0/s1. The van der Waals surface area contributed by atoms with Crippen molar-refractivity contribution in [2.24, 2.45) is 11.3 Å². The molecule has 0 radical (unpaired) electrons. The van der Waals surface area contributed by atoms with Gasteiger partial charge >= 0.3 is 0 Å². The van der Waals surface area contributed by atoms with Crippen molar-refractivity contribution in [3.63, 3.8) is 0 Å². The van der Waals surface area contributed by atoms with Crippen molar-refractivity contribution in [2.45, 2.75) is 103 Å². The van der Waals surface area contributed by atoms with E-state index in [-0.39, 0.29) is 48.4 Å². The van der Waals surface area contributed by atoms with Gasteiger partial charge in [0.2, 0.25) is 17.7 Å². The van der Waals surface area contributed by atoms with Crippen molar-refractivity contribution in [1.82, 2.24) is 55.9 Å². The van der Waals surface area contributed by atoms with Crippen LogP contribution in [-0.2, 0) is 24.2 Å². The zero-order chi connectivity index (χ0) is 54.6. The minimum atomic E-state index is -3.87. The Morgan fingerprint density at radius 2 is 1.64 bits per heavy atom. The molecule has 21 nitrogen and oxygen atoms in total. The third-order valence-corrected chi connectivity index (χ3v) is 16.3. The second-order valence-corrected chi connectivity index (χ2v) is 23.7. The third-order valence-electron chi connectivity index (χ3n) is 13.8. The molecule has 7 rings (SSSR count). The summed E-state index contributed by atoms with van der Waals surface area (Å²) in [6, 6.07) is 3.85. The number of aromatic nitrogens is 6. The maximum Gasteiger partial charge on any atom is 0.271 e. The van der Waals surface area contributed by atoms with E-state index in [1.165, 1.54) is 23.6 Å². The first-order chi connectivity index (χ1) is 35.4. The number of sulfone groups is 1. The summed E-state index contributed by atoms with van der Waals surface area (Å²) in [5.41, 5.74) is 0.940. The van der Waals surface area contributed by atoms with Crippen LogP contribution in [0.25, 0.3) is 10.9 Å². The maximum absolute atomic E-state index is 14.7. The summed E-state index contributed by atoms with van der Waals surface area (Å²) in [5, 5.41) is 21.8. The van der Waals surface area contributed by atoms with Gasteiger partial charge < -0.3 is 41.1 Å². The monoisotopic (exact) mass is 1060 g/mol. The summed E-state index contributed by atoms with van der Waals surface area (Å²) >= 11 is 0. The van der Waals surface area contributed by atoms with Crippen molar-refractivity contribution >= 4 is 67.5 Å². The van der Waals surface area contributed by atoms with E-state index >= 15 is 0 Å². The van der Waals surface area contributed by atoms with Crippen LogP contribution in [0.15, 0.2) is 53.9 Å². The Balaban J connectivity index is 0.952. The van der Waals surface area contributed by atoms with Gasteiger partial charge in [0.05, 0.1) is 41.2 Å². The Kier molecular flexibility index (Phi) is 17.0. The molecule has 3 aromatic heterocycles. The van der Waals surface area contributed by atoms with Crippen molar-refractivity contribution in [2.75, 3.05) is 75.0 Å². The zero-order valence-corrected chi connectivity index (χ0v) is 44.9. The molecule has 5 aromatic rings. The molecule has 2 saturated heterocycles. The normalized spacial score (nSPS) is 17.4. The molecule has 2 aliphatic rings. The number of ether oxygens (including phenoxy) is 1. The van der Waals surface area contributed by atoms with Gasteiger partial charge in [0.25, 0.3) is 5.91 Å². The van der Waals surface area contributed by atoms with Gasteiger partial charge in [-0.2, -0.15) is 5.10 Å². The van der Waals surface area contributed by atoms with E-state index in [4.69, 9.17) is 4.74 Å². The van der Waals surface area contributed by atoms with Crippen LogP contribution in [0.2, 0.25) is 0 Å². The number of hydrogen-bond acceptors (Lipinski definition) is 16. The molecule has 0 saturated carbocycles. The number of carbonyl (C=O) groups is 4. The highest BCUT2D eigenvalue weighted by atomic mass is 32.2. The number of anilines is 4. The van der Waals surface area contributed by atoms with Gasteiger partial charge in [-0.25, -0.2) is 37.1 Å². The maximum atomic E-state index is 14.7. The van der Waals surface area contributed by atoms with Gasteiger partial charge in [-0.05, 0) is 85.0 Å². The van der Waals surface area contributed by atoms with Crippen molar-refractivity contribution in [1.29, 1.82) is 0 Å². The lowest BCUT2D eigenvalue weighted by Gasteiger charge is -2.35. The van der Waals surface area contributed by atoms with Crippen LogP contribution in [0, 0.1) is 36.8 Å². The number of aryl methyl sites for hydroxylation is 1. The lowest BCUT2D eigenvalue weighted by Crippen LogP contribution is -2.52. The first-order valence-corrected chi connectivity index (χ1v) is 26.4. The summed E-state index contributed by atoms with van der Waals surface area (Å²) in [7, 11) is -2.23. The fourth-order valence-electron chi connectivity index (χ4n) is 8.77. The molecule has 5 heterocycles. The average Bonchev–Trinajstić information content (AvgIpc) is 3.94. The molecule has 0 unspecified atom stereocenters. The first-order valence-electron chi connectivity index (χ1n) is 24.9. The predicted molar refractivity (Wildman–Crippen MR) is 279 cm³/mol. The summed E-state index contributed by atoms with van der Waals surface area (Å²) in [6.45, 7) is 19.3. The zero-order valence-electron chi connectivity index (χ0n) is 44.1. The van der Waals surface area contributed by atoms with E-state index < -0.39 is 79.1 Å². The fraction of sp³-hybridized carbons (Fsp3) is 0.510. The van der Waals surface area contributed by atoms with Crippen LogP contribution in [-0.4, -0.2) is 154 Å². The Morgan fingerprint density at radius 3 is 2.25 bits per heavy atom. The molecular weight excluding hydrogens is 991 g/mol. The van der Waals surface area contributed by atoms with E-state index in [1.54, 1.807) is 46.9 Å². The summed E-state index contributed by atoms with van der Waals surface area (Å²) in [5.74, 6) is -3.30. The minimum absolute atomic E-state index is 0.000823. The number of nitrogens with one attached hydrogen (secondary N) is 6. The quantitative estimate of drug-likeness (QED) is 0.0652. The number of para-hydroxylation sites is 1. The number of amides is 4. The Morgan fingerprint density at radius 1 is 0.933 bits per heavy atom. The van der Waals surface area contributed by atoms with Crippen molar-refractivity contribution < 1.29 is 41.1 Å². The van der Waals surface area contributed by atoms with E-state index in [0.717, 1.165) is 29.5 Å². The van der Waals surface area contributed by atoms with E-state index in [1.807, 2.05) is 34.6 Å². The van der Waals surface area contributed by atoms with Crippen LogP contribution in [0.4, 0.5) is 31.9 Å². The molecule has 2 aliphatic heterocycles.